The fourth-order valence-electron chi connectivity index (χ4n) is 0.896. The summed E-state index contributed by atoms with van der Waals surface area (Å²) in [5, 5.41) is 9.28. The van der Waals surface area contributed by atoms with Gasteiger partial charge in [-0.25, -0.2) is 0 Å². The molecule has 0 saturated carbocycles. The van der Waals surface area contributed by atoms with Gasteiger partial charge in [0.05, 0.1) is 6.04 Å². The second-order valence-electron chi connectivity index (χ2n) is 2.32. The number of nitrogens with two attached hydrogens (primary N) is 1. The maximum Gasteiger partial charge on any atom is 0.120 e. The predicted molar refractivity (Wildman–Crippen MR) is 45.2 cm³/mol. The summed E-state index contributed by atoms with van der Waals surface area (Å²) in [5.41, 5.74) is 6.33. The van der Waals surface area contributed by atoms with Gasteiger partial charge in [0.25, 0.3) is 0 Å². The van der Waals surface area contributed by atoms with E-state index in [9.17, 15) is 5.11 Å². The first-order valence-corrected chi connectivity index (χ1v) is 3.41. The van der Waals surface area contributed by atoms with Gasteiger partial charge < -0.3 is 10.8 Å². The topological polar surface area (TPSA) is 46.2 Å². The molecule has 0 aliphatic carbocycles. The molecule has 0 fully saturated rings. The Hall–Kier alpha value is -1.28. The number of benzene rings is 1. The second kappa shape index (κ2) is 3.21. The fraction of sp³-hybridized carbons (Fsp3) is 0.111. The number of rotatable bonds is 2. The molecule has 1 rings (SSSR count). The highest BCUT2D eigenvalue weighted by Crippen LogP contribution is 2.21. The van der Waals surface area contributed by atoms with Crippen molar-refractivity contribution in [3.05, 3.63) is 42.5 Å². The van der Waals surface area contributed by atoms with Crippen LogP contribution in [0.3, 0.4) is 0 Å². The number of hydrogen-bond donors (Lipinski definition) is 2. The van der Waals surface area contributed by atoms with Gasteiger partial charge in [0.2, 0.25) is 0 Å². The van der Waals surface area contributed by atoms with Crippen LogP contribution in [0.25, 0.3) is 0 Å². The molecule has 58 valence electrons. The van der Waals surface area contributed by atoms with Crippen molar-refractivity contribution in [2.75, 3.05) is 0 Å². The van der Waals surface area contributed by atoms with Gasteiger partial charge in [-0.15, -0.1) is 6.58 Å². The number of aromatic hydroxyl groups is 1. The van der Waals surface area contributed by atoms with E-state index in [1.165, 1.54) is 0 Å². The zero-order valence-corrected chi connectivity index (χ0v) is 6.20. The van der Waals surface area contributed by atoms with Gasteiger partial charge in [-0.3, -0.25) is 0 Å². The van der Waals surface area contributed by atoms with Crippen molar-refractivity contribution >= 4 is 0 Å². The summed E-state index contributed by atoms with van der Waals surface area (Å²) in [6.45, 7) is 3.54. The van der Waals surface area contributed by atoms with Crippen LogP contribution in [0.5, 0.6) is 5.75 Å². The summed E-state index contributed by atoms with van der Waals surface area (Å²) in [5.74, 6) is 0.222. The first kappa shape index (κ1) is 7.82. The fourth-order valence-corrected chi connectivity index (χ4v) is 0.896. The Morgan fingerprint density at radius 1 is 1.45 bits per heavy atom. The monoisotopic (exact) mass is 149 g/mol. The van der Waals surface area contributed by atoms with Crippen LogP contribution < -0.4 is 5.73 Å². The van der Waals surface area contributed by atoms with E-state index in [-0.39, 0.29) is 11.8 Å². The Bertz CT molecular complexity index is 257. The van der Waals surface area contributed by atoms with Crippen molar-refractivity contribution in [2.24, 2.45) is 5.73 Å². The average Bonchev–Trinajstić information content (AvgIpc) is 2.04. The van der Waals surface area contributed by atoms with Gasteiger partial charge in [0.1, 0.15) is 5.75 Å². The molecule has 0 heterocycles. The molecule has 1 atom stereocenters. The van der Waals surface area contributed by atoms with E-state index in [1.54, 1.807) is 24.3 Å². The highest BCUT2D eigenvalue weighted by molar-refractivity contribution is 5.35. The zero-order chi connectivity index (χ0) is 8.27. The molecule has 3 N–H and O–H groups in total. The maximum absolute atomic E-state index is 9.28. The smallest absolute Gasteiger partial charge is 0.120 e. The van der Waals surface area contributed by atoms with Crippen LogP contribution in [-0.4, -0.2) is 5.11 Å². The lowest BCUT2D eigenvalue weighted by atomic mass is 10.1. The largest absolute Gasteiger partial charge is 0.508 e. The van der Waals surface area contributed by atoms with Crippen molar-refractivity contribution in [1.82, 2.24) is 0 Å². The third-order valence-electron chi connectivity index (χ3n) is 1.55. The van der Waals surface area contributed by atoms with E-state index in [0.29, 0.717) is 5.56 Å². The molecular formula is C9H11NO. The zero-order valence-electron chi connectivity index (χ0n) is 6.20. The number of hydrogen-bond acceptors (Lipinski definition) is 2. The third-order valence-corrected chi connectivity index (χ3v) is 1.55. The minimum atomic E-state index is -0.281. The summed E-state index contributed by atoms with van der Waals surface area (Å²) in [4.78, 5) is 0. The van der Waals surface area contributed by atoms with E-state index >= 15 is 0 Å². The lowest BCUT2D eigenvalue weighted by molar-refractivity contribution is 0.466. The molecule has 1 aromatic carbocycles. The molecule has 0 radical (unpaired) electrons. The van der Waals surface area contributed by atoms with Crippen molar-refractivity contribution in [3.8, 4) is 5.75 Å². The van der Waals surface area contributed by atoms with Gasteiger partial charge in [0.15, 0.2) is 0 Å². The van der Waals surface area contributed by atoms with Crippen LogP contribution in [0, 0.1) is 0 Å². The van der Waals surface area contributed by atoms with E-state index in [0.717, 1.165) is 0 Å². The van der Waals surface area contributed by atoms with E-state index in [1.807, 2.05) is 6.07 Å². The number of phenolic OH excluding ortho intramolecular Hbond substituents is 1. The summed E-state index contributed by atoms with van der Waals surface area (Å²) in [6, 6.07) is 6.70. The van der Waals surface area contributed by atoms with Crippen LogP contribution in [-0.2, 0) is 0 Å². The van der Waals surface area contributed by atoms with E-state index < -0.39 is 0 Å². The van der Waals surface area contributed by atoms with Crippen molar-refractivity contribution < 1.29 is 5.11 Å². The summed E-state index contributed by atoms with van der Waals surface area (Å²) in [6.07, 6.45) is 1.59. The lowest BCUT2D eigenvalue weighted by Crippen LogP contribution is -2.06. The predicted octanol–water partition coefficient (Wildman–Crippen LogP) is 1.58. The standard InChI is InChI=1S/C9H11NO/c1-2-8(10)7-5-3-4-6-9(7)11/h2-6,8,11H,1,10H2/t8-/m0/s1. The van der Waals surface area contributed by atoms with Gasteiger partial charge in [-0.05, 0) is 6.07 Å². The summed E-state index contributed by atoms with van der Waals surface area (Å²) >= 11 is 0. The molecule has 0 saturated heterocycles. The molecule has 0 unspecified atom stereocenters. The minimum Gasteiger partial charge on any atom is -0.508 e. The van der Waals surface area contributed by atoms with Crippen molar-refractivity contribution in [3.63, 3.8) is 0 Å². The molecule has 0 amide bonds. The third kappa shape index (κ3) is 1.59. The van der Waals surface area contributed by atoms with E-state index in [2.05, 4.69) is 6.58 Å². The van der Waals surface area contributed by atoms with Gasteiger partial charge in [-0.1, -0.05) is 24.3 Å². The second-order valence-corrected chi connectivity index (χ2v) is 2.32. The molecule has 2 heteroatoms. The maximum atomic E-state index is 9.28. The SMILES string of the molecule is C=C[C@H](N)c1ccccc1O. The Morgan fingerprint density at radius 3 is 2.64 bits per heavy atom. The lowest BCUT2D eigenvalue weighted by Gasteiger charge is -2.07. The Labute approximate surface area is 66.0 Å². The molecule has 0 aliphatic rings. The van der Waals surface area contributed by atoms with Gasteiger partial charge in [0, 0.05) is 5.56 Å². The van der Waals surface area contributed by atoms with E-state index in [4.69, 9.17) is 5.73 Å². The van der Waals surface area contributed by atoms with Crippen LogP contribution in [0.1, 0.15) is 11.6 Å². The molecule has 0 aromatic heterocycles. The van der Waals surface area contributed by atoms with Crippen LogP contribution in [0.2, 0.25) is 0 Å². The highest BCUT2D eigenvalue weighted by Gasteiger charge is 2.04. The summed E-state index contributed by atoms with van der Waals surface area (Å²) in [7, 11) is 0. The van der Waals surface area contributed by atoms with Crippen molar-refractivity contribution in [1.29, 1.82) is 0 Å². The Morgan fingerprint density at radius 2 is 2.09 bits per heavy atom. The Balaban J connectivity index is 3.02. The quantitative estimate of drug-likeness (QED) is 0.627. The van der Waals surface area contributed by atoms with Gasteiger partial charge in [-0.2, -0.15) is 0 Å². The molecule has 1 aromatic rings. The molecular weight excluding hydrogens is 138 g/mol. The molecule has 0 spiro atoms. The highest BCUT2D eigenvalue weighted by atomic mass is 16.3. The molecule has 11 heavy (non-hydrogen) atoms. The molecule has 0 bridgehead atoms. The van der Waals surface area contributed by atoms with Gasteiger partial charge >= 0.3 is 0 Å². The number of phenols is 1. The molecule has 2 nitrogen and oxygen atoms in total. The summed E-state index contributed by atoms with van der Waals surface area (Å²) < 4.78 is 0. The first-order chi connectivity index (χ1) is 5.25. The van der Waals surface area contributed by atoms with Crippen LogP contribution in [0.4, 0.5) is 0 Å². The minimum absolute atomic E-state index is 0.222. The van der Waals surface area contributed by atoms with Crippen LogP contribution in [0.15, 0.2) is 36.9 Å². The molecule has 0 aliphatic heterocycles. The Kier molecular flexibility index (Phi) is 2.28. The van der Waals surface area contributed by atoms with Crippen LogP contribution >= 0.6 is 0 Å². The average molecular weight is 149 g/mol. The first-order valence-electron chi connectivity index (χ1n) is 3.41. The normalized spacial score (nSPS) is 12.5. The van der Waals surface area contributed by atoms with Crippen molar-refractivity contribution in [2.45, 2.75) is 6.04 Å². The number of para-hydroxylation sites is 1.